The van der Waals surface area contributed by atoms with E-state index >= 15 is 0 Å². The molecule has 0 unspecified atom stereocenters. The summed E-state index contributed by atoms with van der Waals surface area (Å²) in [6, 6.07) is 14.4. The van der Waals surface area contributed by atoms with Crippen LogP contribution in [-0.2, 0) is 6.54 Å². The summed E-state index contributed by atoms with van der Waals surface area (Å²) in [6.45, 7) is 0.533. The lowest BCUT2D eigenvalue weighted by Gasteiger charge is -2.03. The minimum Gasteiger partial charge on any atom is -0.398 e. The van der Waals surface area contributed by atoms with Crippen LogP contribution in [0, 0.1) is 10.1 Å². The smallest absolute Gasteiger partial charge is 0.278 e. The molecule has 112 valence electrons. The molecule has 0 aliphatic heterocycles. The summed E-state index contributed by atoms with van der Waals surface area (Å²) >= 11 is 3.29. The Labute approximate surface area is 136 Å². The van der Waals surface area contributed by atoms with Gasteiger partial charge in [0, 0.05) is 22.5 Å². The van der Waals surface area contributed by atoms with E-state index in [9.17, 15) is 10.1 Å². The number of hydrogen-bond donors (Lipinski definition) is 1. The highest BCUT2D eigenvalue weighted by molar-refractivity contribution is 9.10. The van der Waals surface area contributed by atoms with Crippen molar-refractivity contribution in [2.75, 3.05) is 0 Å². The minimum atomic E-state index is -0.455. The van der Waals surface area contributed by atoms with Gasteiger partial charge in [0.25, 0.3) is 5.69 Å². The Hall–Kier alpha value is -2.47. The maximum atomic E-state index is 11.0. The maximum Gasteiger partial charge on any atom is 0.278 e. The van der Waals surface area contributed by atoms with Gasteiger partial charge in [-0.15, -0.1) is 0 Å². The van der Waals surface area contributed by atoms with Gasteiger partial charge < -0.3 is 5.73 Å². The lowest BCUT2D eigenvalue weighted by atomic mass is 10.1. The molecule has 0 bridgehead atoms. The second-order valence-corrected chi connectivity index (χ2v) is 5.43. The van der Waals surface area contributed by atoms with E-state index in [-0.39, 0.29) is 5.69 Å². The van der Waals surface area contributed by atoms with Gasteiger partial charge in [0.15, 0.2) is 0 Å². The first-order valence-corrected chi connectivity index (χ1v) is 7.31. The monoisotopic (exact) mass is 359 g/mol. The zero-order chi connectivity index (χ0) is 15.9. The fraction of sp³-hybridized carbons (Fsp3) is 0.0625. The summed E-state index contributed by atoms with van der Waals surface area (Å²) in [4.78, 5) is 14.8. The van der Waals surface area contributed by atoms with Crippen LogP contribution in [0.4, 0.5) is 5.69 Å². The first kappa shape index (κ1) is 15.9. The zero-order valence-electron chi connectivity index (χ0n) is 11.6. The van der Waals surface area contributed by atoms with Crippen LogP contribution in [0.1, 0.15) is 11.1 Å². The van der Waals surface area contributed by atoms with Gasteiger partial charge in [-0.25, -0.2) is 0 Å². The molecule has 0 aromatic heterocycles. The van der Waals surface area contributed by atoms with Crippen LogP contribution < -0.4 is 5.73 Å². The molecule has 22 heavy (non-hydrogen) atoms. The van der Waals surface area contributed by atoms with Gasteiger partial charge in [0.1, 0.15) is 0 Å². The van der Waals surface area contributed by atoms with Crippen molar-refractivity contribution >= 4 is 33.5 Å². The van der Waals surface area contributed by atoms with Gasteiger partial charge in [-0.1, -0.05) is 46.3 Å². The molecular formula is C16H14BrN3O2. The number of nitrogens with zero attached hydrogens (tertiary/aromatic N) is 2. The molecule has 2 rings (SSSR count). The number of halogens is 1. The highest BCUT2D eigenvalue weighted by atomic mass is 79.9. The van der Waals surface area contributed by atoms with Crippen molar-refractivity contribution in [1.82, 2.24) is 0 Å². The largest absolute Gasteiger partial charge is 0.398 e. The topological polar surface area (TPSA) is 81.5 Å². The fourth-order valence-corrected chi connectivity index (χ4v) is 2.22. The molecule has 0 fully saturated rings. The van der Waals surface area contributed by atoms with Gasteiger partial charge in [0.05, 0.1) is 17.0 Å². The minimum absolute atomic E-state index is 0.0339. The number of nitro benzene ring substituents is 1. The average Bonchev–Trinajstić information content (AvgIpc) is 2.52. The number of allylic oxidation sites excluding steroid dienone is 1. The molecular weight excluding hydrogens is 346 g/mol. The molecule has 0 heterocycles. The van der Waals surface area contributed by atoms with Crippen LogP contribution in [0.25, 0.3) is 5.70 Å². The molecule has 0 atom stereocenters. The molecule has 2 N–H and O–H groups in total. The second-order valence-electron chi connectivity index (χ2n) is 4.52. The van der Waals surface area contributed by atoms with E-state index in [0.29, 0.717) is 17.8 Å². The van der Waals surface area contributed by atoms with E-state index in [1.54, 1.807) is 24.4 Å². The highest BCUT2D eigenvalue weighted by Crippen LogP contribution is 2.26. The molecule has 0 radical (unpaired) electrons. The third kappa shape index (κ3) is 4.26. The Kier molecular flexibility index (Phi) is 5.43. The van der Waals surface area contributed by atoms with E-state index < -0.39 is 4.92 Å². The van der Waals surface area contributed by atoms with Crippen LogP contribution in [0.3, 0.4) is 0 Å². The third-order valence-electron chi connectivity index (χ3n) is 2.94. The molecule has 0 amide bonds. The SMILES string of the molecule is N/C(=C\C=NCc1ccccc1)c1cc(Br)ccc1[N+](=O)[O-]. The normalized spacial score (nSPS) is 11.8. The summed E-state index contributed by atoms with van der Waals surface area (Å²) in [5, 5.41) is 11.0. The Morgan fingerprint density at radius 2 is 2.00 bits per heavy atom. The number of aliphatic imine (C=N–C) groups is 1. The quantitative estimate of drug-likeness (QED) is 0.498. The molecule has 6 heteroatoms. The summed E-state index contributed by atoms with van der Waals surface area (Å²) in [5.41, 5.74) is 7.64. The molecule has 0 aliphatic carbocycles. The van der Waals surface area contributed by atoms with Gasteiger partial charge in [-0.3, -0.25) is 15.1 Å². The van der Waals surface area contributed by atoms with Gasteiger partial charge >= 0.3 is 0 Å². The van der Waals surface area contributed by atoms with Gasteiger partial charge in [0.2, 0.25) is 0 Å². The van der Waals surface area contributed by atoms with Crippen LogP contribution >= 0.6 is 15.9 Å². The van der Waals surface area contributed by atoms with Crippen molar-refractivity contribution in [2.45, 2.75) is 6.54 Å². The Bertz CT molecular complexity index is 727. The number of nitrogens with two attached hydrogens (primary N) is 1. The van der Waals surface area contributed by atoms with Crippen LogP contribution in [0.5, 0.6) is 0 Å². The number of nitro groups is 1. The van der Waals surface area contributed by atoms with E-state index in [2.05, 4.69) is 20.9 Å². The van der Waals surface area contributed by atoms with Crippen molar-refractivity contribution in [1.29, 1.82) is 0 Å². The first-order valence-electron chi connectivity index (χ1n) is 6.52. The zero-order valence-corrected chi connectivity index (χ0v) is 13.2. The molecule has 0 spiro atoms. The van der Waals surface area contributed by atoms with Crippen molar-refractivity contribution < 1.29 is 4.92 Å². The molecule has 0 saturated heterocycles. The summed E-state index contributed by atoms with van der Waals surface area (Å²) < 4.78 is 0.727. The second kappa shape index (κ2) is 7.51. The van der Waals surface area contributed by atoms with Gasteiger partial charge in [-0.2, -0.15) is 0 Å². The van der Waals surface area contributed by atoms with Crippen molar-refractivity contribution in [2.24, 2.45) is 10.7 Å². The van der Waals surface area contributed by atoms with Crippen molar-refractivity contribution in [3.8, 4) is 0 Å². The lowest BCUT2D eigenvalue weighted by Crippen LogP contribution is -2.01. The van der Waals surface area contributed by atoms with E-state index in [1.807, 2.05) is 30.3 Å². The Morgan fingerprint density at radius 3 is 2.68 bits per heavy atom. The van der Waals surface area contributed by atoms with Crippen LogP contribution in [0.2, 0.25) is 0 Å². The Morgan fingerprint density at radius 1 is 1.27 bits per heavy atom. The van der Waals surface area contributed by atoms with E-state index in [0.717, 1.165) is 10.0 Å². The standard InChI is InChI=1S/C16H14BrN3O2/c17-13-6-7-16(20(21)22)14(10-13)15(18)8-9-19-11-12-4-2-1-3-5-12/h1-10H,11,18H2/b15-8-,19-9?. The Balaban J connectivity index is 2.15. The first-order chi connectivity index (χ1) is 10.6. The van der Waals surface area contributed by atoms with E-state index in [1.165, 1.54) is 6.07 Å². The number of rotatable bonds is 5. The number of benzene rings is 2. The summed E-state index contributed by atoms with van der Waals surface area (Å²) in [5.74, 6) is 0. The molecule has 2 aromatic rings. The average molecular weight is 360 g/mol. The predicted molar refractivity (Wildman–Crippen MR) is 91.6 cm³/mol. The molecule has 0 saturated carbocycles. The van der Waals surface area contributed by atoms with Crippen molar-refractivity contribution in [3.05, 3.63) is 80.3 Å². The predicted octanol–water partition coefficient (Wildman–Crippen LogP) is 3.93. The molecule has 0 aliphatic rings. The van der Waals surface area contributed by atoms with E-state index in [4.69, 9.17) is 5.73 Å². The van der Waals surface area contributed by atoms with Crippen molar-refractivity contribution in [3.63, 3.8) is 0 Å². The summed E-state index contributed by atoms with van der Waals surface area (Å²) in [7, 11) is 0. The van der Waals surface area contributed by atoms with Crippen LogP contribution in [-0.4, -0.2) is 11.1 Å². The number of hydrogen-bond acceptors (Lipinski definition) is 4. The fourth-order valence-electron chi connectivity index (χ4n) is 1.86. The highest BCUT2D eigenvalue weighted by Gasteiger charge is 2.15. The summed E-state index contributed by atoms with van der Waals surface area (Å²) in [6.07, 6.45) is 3.13. The third-order valence-corrected chi connectivity index (χ3v) is 3.44. The molecule has 2 aromatic carbocycles. The van der Waals surface area contributed by atoms with Crippen LogP contribution in [0.15, 0.2) is 64.1 Å². The molecule has 5 nitrogen and oxygen atoms in total. The van der Waals surface area contributed by atoms with Gasteiger partial charge in [-0.05, 0) is 23.8 Å². The lowest BCUT2D eigenvalue weighted by molar-refractivity contribution is -0.385. The maximum absolute atomic E-state index is 11.0.